The second-order valence-corrected chi connectivity index (χ2v) is 7.83. The van der Waals surface area contributed by atoms with E-state index in [1.54, 1.807) is 7.11 Å². The quantitative estimate of drug-likeness (QED) is 0.733. The number of benzene rings is 1. The first kappa shape index (κ1) is 19.0. The summed E-state index contributed by atoms with van der Waals surface area (Å²) in [5.74, 6) is 0.851. The molecule has 24 heavy (non-hydrogen) atoms. The van der Waals surface area contributed by atoms with Gasteiger partial charge in [-0.05, 0) is 30.5 Å². The number of rotatable bonds is 7. The zero-order valence-corrected chi connectivity index (χ0v) is 15.5. The van der Waals surface area contributed by atoms with Crippen molar-refractivity contribution in [1.29, 1.82) is 0 Å². The molecule has 3 nitrogen and oxygen atoms in total. The van der Waals surface area contributed by atoms with Crippen molar-refractivity contribution in [2.45, 2.75) is 65.3 Å². The van der Waals surface area contributed by atoms with Gasteiger partial charge in [0, 0.05) is 10.8 Å². The first-order chi connectivity index (χ1) is 11.3. The molecule has 1 aliphatic rings. The molecule has 0 radical (unpaired) electrons. The van der Waals surface area contributed by atoms with Gasteiger partial charge in [-0.3, -0.25) is 0 Å². The molecule has 3 heteroatoms. The van der Waals surface area contributed by atoms with E-state index in [4.69, 9.17) is 9.47 Å². The first-order valence-corrected chi connectivity index (χ1v) is 8.89. The van der Waals surface area contributed by atoms with E-state index in [1.807, 2.05) is 44.2 Å². The van der Waals surface area contributed by atoms with E-state index in [-0.39, 0.29) is 16.9 Å². The Morgan fingerprint density at radius 1 is 1.33 bits per heavy atom. The van der Waals surface area contributed by atoms with E-state index >= 15 is 0 Å². The van der Waals surface area contributed by atoms with Crippen molar-refractivity contribution in [2.75, 3.05) is 7.11 Å². The molecule has 134 valence electrons. The van der Waals surface area contributed by atoms with E-state index in [0.29, 0.717) is 6.61 Å². The van der Waals surface area contributed by atoms with E-state index in [0.717, 1.165) is 37.0 Å². The molecular formula is C21H32O3. The number of methoxy groups -OCH3 is 1. The van der Waals surface area contributed by atoms with Gasteiger partial charge >= 0.3 is 0 Å². The average molecular weight is 332 g/mol. The van der Waals surface area contributed by atoms with Crippen LogP contribution in [0.4, 0.5) is 0 Å². The van der Waals surface area contributed by atoms with Crippen molar-refractivity contribution in [3.8, 4) is 5.75 Å². The Kier molecular flexibility index (Phi) is 6.11. The Morgan fingerprint density at radius 3 is 2.58 bits per heavy atom. The maximum absolute atomic E-state index is 11.0. The molecular weight excluding hydrogens is 300 g/mol. The topological polar surface area (TPSA) is 38.7 Å². The minimum Gasteiger partial charge on any atom is -0.497 e. The standard InChI is InChI=1S/C21H32O3/c1-6-20(2,3)19(22)21(4)14-8-7-9-18(21)24-15-16-10-12-17(23-5)13-11-16/h6,10-13,18-19,22H,1,7-9,14-15H2,2-5H3/t18-,19?,21-/m0/s1. The predicted molar refractivity (Wildman–Crippen MR) is 98.1 cm³/mol. The van der Waals surface area contributed by atoms with Gasteiger partial charge in [0.2, 0.25) is 0 Å². The molecule has 0 aliphatic heterocycles. The summed E-state index contributed by atoms with van der Waals surface area (Å²) in [6.07, 6.45) is 5.73. The molecule has 1 aliphatic carbocycles. The largest absolute Gasteiger partial charge is 0.497 e. The third-order valence-electron chi connectivity index (χ3n) is 5.63. The van der Waals surface area contributed by atoms with Gasteiger partial charge in [0.25, 0.3) is 0 Å². The first-order valence-electron chi connectivity index (χ1n) is 8.89. The van der Waals surface area contributed by atoms with Gasteiger partial charge in [-0.25, -0.2) is 0 Å². The lowest BCUT2D eigenvalue weighted by atomic mass is 9.62. The fourth-order valence-corrected chi connectivity index (χ4v) is 3.79. The monoisotopic (exact) mass is 332 g/mol. The Morgan fingerprint density at radius 2 is 2.00 bits per heavy atom. The van der Waals surface area contributed by atoms with Crippen LogP contribution in [-0.4, -0.2) is 24.4 Å². The van der Waals surface area contributed by atoms with Gasteiger partial charge in [-0.1, -0.05) is 51.8 Å². The summed E-state index contributed by atoms with van der Waals surface area (Å²) in [5.41, 5.74) is 0.553. The molecule has 1 unspecified atom stereocenters. The molecule has 3 atom stereocenters. The number of hydrogen-bond acceptors (Lipinski definition) is 3. The van der Waals surface area contributed by atoms with Crippen LogP contribution >= 0.6 is 0 Å². The molecule has 0 spiro atoms. The van der Waals surface area contributed by atoms with Crippen LogP contribution in [0.3, 0.4) is 0 Å². The molecule has 1 saturated carbocycles. The summed E-state index contributed by atoms with van der Waals surface area (Å²) in [6.45, 7) is 10.7. The van der Waals surface area contributed by atoms with Crippen LogP contribution in [0.15, 0.2) is 36.9 Å². The van der Waals surface area contributed by atoms with Crippen molar-refractivity contribution in [1.82, 2.24) is 0 Å². The van der Waals surface area contributed by atoms with E-state index in [9.17, 15) is 5.11 Å². The molecule has 0 aromatic heterocycles. The summed E-state index contributed by atoms with van der Waals surface area (Å²) >= 11 is 0. The van der Waals surface area contributed by atoms with Crippen molar-refractivity contribution in [3.63, 3.8) is 0 Å². The number of aliphatic hydroxyl groups excluding tert-OH is 1. The summed E-state index contributed by atoms with van der Waals surface area (Å²) in [7, 11) is 1.67. The third kappa shape index (κ3) is 4.01. The van der Waals surface area contributed by atoms with Crippen LogP contribution in [-0.2, 0) is 11.3 Å². The fourth-order valence-electron chi connectivity index (χ4n) is 3.79. The second-order valence-electron chi connectivity index (χ2n) is 7.83. The Labute approximate surface area is 146 Å². The van der Waals surface area contributed by atoms with Gasteiger partial charge in [-0.15, -0.1) is 6.58 Å². The van der Waals surface area contributed by atoms with E-state index < -0.39 is 6.10 Å². The second kappa shape index (κ2) is 7.71. The zero-order chi connectivity index (χ0) is 17.8. The van der Waals surface area contributed by atoms with Crippen LogP contribution in [0.1, 0.15) is 52.0 Å². The van der Waals surface area contributed by atoms with Gasteiger partial charge in [0.15, 0.2) is 0 Å². The smallest absolute Gasteiger partial charge is 0.118 e. The van der Waals surface area contributed by atoms with Crippen molar-refractivity contribution in [2.24, 2.45) is 10.8 Å². The molecule has 2 rings (SSSR count). The normalized spacial score (nSPS) is 26.0. The highest BCUT2D eigenvalue weighted by molar-refractivity contribution is 5.26. The lowest BCUT2D eigenvalue weighted by molar-refractivity contribution is -0.145. The average Bonchev–Trinajstić information content (AvgIpc) is 2.60. The summed E-state index contributed by atoms with van der Waals surface area (Å²) in [5, 5.41) is 11.0. The Balaban J connectivity index is 2.09. The third-order valence-corrected chi connectivity index (χ3v) is 5.63. The summed E-state index contributed by atoms with van der Waals surface area (Å²) in [6, 6.07) is 7.97. The number of ether oxygens (including phenoxy) is 2. The van der Waals surface area contributed by atoms with Gasteiger partial charge in [0.05, 0.1) is 25.9 Å². The molecule has 1 aromatic rings. The summed E-state index contributed by atoms with van der Waals surface area (Å²) in [4.78, 5) is 0. The molecule has 1 aromatic carbocycles. The highest BCUT2D eigenvalue weighted by Gasteiger charge is 2.48. The van der Waals surface area contributed by atoms with Crippen LogP contribution in [0.25, 0.3) is 0 Å². The highest BCUT2D eigenvalue weighted by atomic mass is 16.5. The molecule has 1 fully saturated rings. The van der Waals surface area contributed by atoms with Gasteiger partial charge in [0.1, 0.15) is 5.75 Å². The van der Waals surface area contributed by atoms with E-state index in [1.165, 1.54) is 0 Å². The van der Waals surface area contributed by atoms with Crippen molar-refractivity contribution in [3.05, 3.63) is 42.5 Å². The van der Waals surface area contributed by atoms with Gasteiger partial charge in [-0.2, -0.15) is 0 Å². The van der Waals surface area contributed by atoms with E-state index in [2.05, 4.69) is 13.5 Å². The lowest BCUT2D eigenvalue weighted by Gasteiger charge is -2.48. The highest BCUT2D eigenvalue weighted by Crippen LogP contribution is 2.46. The molecule has 1 N–H and O–H groups in total. The Bertz CT molecular complexity index is 535. The van der Waals surface area contributed by atoms with Crippen LogP contribution in [0, 0.1) is 10.8 Å². The molecule has 0 heterocycles. The zero-order valence-electron chi connectivity index (χ0n) is 15.5. The number of hydrogen-bond donors (Lipinski definition) is 1. The van der Waals surface area contributed by atoms with Gasteiger partial charge < -0.3 is 14.6 Å². The van der Waals surface area contributed by atoms with Crippen LogP contribution in [0.2, 0.25) is 0 Å². The minimum absolute atomic E-state index is 0.0579. The van der Waals surface area contributed by atoms with Crippen LogP contribution in [0.5, 0.6) is 5.75 Å². The predicted octanol–water partition coefficient (Wildman–Crippen LogP) is 4.73. The van der Waals surface area contributed by atoms with Crippen molar-refractivity contribution < 1.29 is 14.6 Å². The lowest BCUT2D eigenvalue weighted by Crippen LogP contribution is -2.51. The van der Waals surface area contributed by atoms with Crippen LogP contribution < -0.4 is 4.74 Å². The molecule has 0 bridgehead atoms. The number of aliphatic hydroxyl groups is 1. The van der Waals surface area contributed by atoms with Crippen molar-refractivity contribution >= 4 is 0 Å². The molecule has 0 amide bonds. The molecule has 0 saturated heterocycles. The minimum atomic E-state index is -0.469. The SMILES string of the molecule is C=CC(C)(C)C(O)[C@@]1(C)CCCC[C@@H]1OCc1ccc(OC)cc1. The summed E-state index contributed by atoms with van der Waals surface area (Å²) < 4.78 is 11.5. The fraction of sp³-hybridized carbons (Fsp3) is 0.619. The maximum Gasteiger partial charge on any atom is 0.118 e. The Hall–Kier alpha value is -1.32. The maximum atomic E-state index is 11.0.